The van der Waals surface area contributed by atoms with Crippen molar-refractivity contribution in [1.29, 1.82) is 0 Å². The lowest BCUT2D eigenvalue weighted by Crippen LogP contribution is -2.10. The maximum absolute atomic E-state index is 12.8. The number of aromatic nitrogens is 5. The summed E-state index contributed by atoms with van der Waals surface area (Å²) in [6, 6.07) is 9.84. The highest BCUT2D eigenvalue weighted by atomic mass is 32.1. The van der Waals surface area contributed by atoms with Crippen LogP contribution < -0.4 is 5.32 Å². The first-order chi connectivity index (χ1) is 14.6. The van der Waals surface area contributed by atoms with Crippen LogP contribution in [0.25, 0.3) is 17.1 Å². The second-order valence-corrected chi connectivity index (χ2v) is 8.75. The third-order valence-corrected chi connectivity index (χ3v) is 6.13. The largest absolute Gasteiger partial charge is 0.321 e. The van der Waals surface area contributed by atoms with Crippen molar-refractivity contribution in [2.45, 2.75) is 38.6 Å². The maximum Gasteiger partial charge on any atom is 0.265 e. The van der Waals surface area contributed by atoms with Gasteiger partial charge in [-0.3, -0.25) is 4.79 Å². The second kappa shape index (κ2) is 7.53. The van der Waals surface area contributed by atoms with E-state index < -0.39 is 0 Å². The zero-order valence-corrected chi connectivity index (χ0v) is 17.6. The van der Waals surface area contributed by atoms with Gasteiger partial charge in [-0.2, -0.15) is 0 Å². The quantitative estimate of drug-likeness (QED) is 0.483. The molecular weight excluding hydrogens is 396 g/mol. The lowest BCUT2D eigenvalue weighted by atomic mass is 10.1. The molecule has 0 aliphatic heterocycles. The molecule has 3 aromatic heterocycles. The summed E-state index contributed by atoms with van der Waals surface area (Å²) in [5.74, 6) is 1.27. The zero-order valence-electron chi connectivity index (χ0n) is 16.8. The van der Waals surface area contributed by atoms with E-state index in [-0.39, 0.29) is 11.9 Å². The Bertz CT molecular complexity index is 1200. The van der Waals surface area contributed by atoms with Crippen molar-refractivity contribution in [3.63, 3.8) is 0 Å². The van der Waals surface area contributed by atoms with E-state index in [0.717, 1.165) is 28.5 Å². The summed E-state index contributed by atoms with van der Waals surface area (Å²) in [5, 5.41) is 13.2. The molecule has 5 rings (SSSR count). The third kappa shape index (κ3) is 3.66. The van der Waals surface area contributed by atoms with Crippen molar-refractivity contribution in [3.05, 3.63) is 65.1 Å². The van der Waals surface area contributed by atoms with Crippen molar-refractivity contribution >= 4 is 22.9 Å². The number of benzene rings is 1. The topological polar surface area (TPSA) is 77.6 Å². The summed E-state index contributed by atoms with van der Waals surface area (Å²) in [4.78, 5) is 17.9. The van der Waals surface area contributed by atoms with Crippen LogP contribution in [0.3, 0.4) is 0 Å². The van der Waals surface area contributed by atoms with Crippen LogP contribution in [-0.2, 0) is 0 Å². The fourth-order valence-electron chi connectivity index (χ4n) is 3.41. The number of anilines is 1. The molecule has 7 nitrogen and oxygen atoms in total. The Morgan fingerprint density at radius 3 is 2.90 bits per heavy atom. The number of nitrogens with one attached hydrogen (secondary N) is 1. The molecule has 0 unspecified atom stereocenters. The second-order valence-electron chi connectivity index (χ2n) is 7.84. The van der Waals surface area contributed by atoms with E-state index >= 15 is 0 Å². The van der Waals surface area contributed by atoms with Crippen LogP contribution in [0.5, 0.6) is 0 Å². The summed E-state index contributed by atoms with van der Waals surface area (Å²) in [5.41, 5.74) is 3.74. The number of hydrogen-bond acceptors (Lipinski definition) is 5. The molecule has 1 aliphatic rings. The Morgan fingerprint density at radius 2 is 2.10 bits per heavy atom. The predicted octanol–water partition coefficient (Wildman–Crippen LogP) is 4.90. The molecule has 30 heavy (non-hydrogen) atoms. The van der Waals surface area contributed by atoms with Crippen LogP contribution in [0.2, 0.25) is 0 Å². The highest BCUT2D eigenvalue weighted by molar-refractivity contribution is 7.12. The number of carbonyl (C=O) groups is 1. The Labute approximate surface area is 178 Å². The number of carbonyl (C=O) groups excluding carboxylic acids is 1. The molecule has 4 aromatic rings. The van der Waals surface area contributed by atoms with E-state index in [9.17, 15) is 4.79 Å². The number of hydrogen-bond donors (Lipinski definition) is 1. The van der Waals surface area contributed by atoms with E-state index in [1.165, 1.54) is 24.2 Å². The molecular formula is C22H22N6OS. The average Bonchev–Trinajstić information content (AvgIpc) is 3.18. The van der Waals surface area contributed by atoms with Gasteiger partial charge in [0, 0.05) is 34.8 Å². The molecule has 0 saturated heterocycles. The van der Waals surface area contributed by atoms with E-state index in [4.69, 9.17) is 0 Å². The van der Waals surface area contributed by atoms with Gasteiger partial charge in [0.15, 0.2) is 5.82 Å². The zero-order chi connectivity index (χ0) is 20.7. The minimum atomic E-state index is -0.128. The van der Waals surface area contributed by atoms with Crippen molar-refractivity contribution in [1.82, 2.24) is 24.3 Å². The smallest absolute Gasteiger partial charge is 0.265 e. The first kappa shape index (κ1) is 18.7. The van der Waals surface area contributed by atoms with Crippen LogP contribution in [-0.4, -0.2) is 30.2 Å². The fourth-order valence-corrected chi connectivity index (χ4v) is 4.19. The maximum atomic E-state index is 12.8. The lowest BCUT2D eigenvalue weighted by Gasteiger charge is -2.11. The predicted molar refractivity (Wildman–Crippen MR) is 117 cm³/mol. The molecule has 1 N–H and O–H groups in total. The van der Waals surface area contributed by atoms with Gasteiger partial charge in [0.2, 0.25) is 0 Å². The van der Waals surface area contributed by atoms with Crippen molar-refractivity contribution in [2.75, 3.05) is 5.32 Å². The molecule has 1 aromatic carbocycles. The van der Waals surface area contributed by atoms with Gasteiger partial charge in [-0.05, 0) is 44.9 Å². The normalized spacial score (nSPS) is 13.7. The molecule has 1 aliphatic carbocycles. The van der Waals surface area contributed by atoms with Crippen LogP contribution in [0.1, 0.15) is 54.0 Å². The first-order valence-electron chi connectivity index (χ1n) is 10.0. The number of rotatable bonds is 6. The summed E-state index contributed by atoms with van der Waals surface area (Å²) in [6.45, 7) is 4.17. The van der Waals surface area contributed by atoms with E-state index in [1.54, 1.807) is 6.33 Å². The monoisotopic (exact) mass is 418 g/mol. The molecule has 0 atom stereocenters. The fraction of sp³-hybridized carbons (Fsp3) is 0.273. The van der Waals surface area contributed by atoms with Crippen LogP contribution in [0.4, 0.5) is 5.69 Å². The molecule has 0 spiro atoms. The van der Waals surface area contributed by atoms with Crippen LogP contribution >= 0.6 is 11.3 Å². The Kier molecular flexibility index (Phi) is 4.71. The van der Waals surface area contributed by atoms with Crippen LogP contribution in [0, 0.1) is 0 Å². The van der Waals surface area contributed by atoms with Gasteiger partial charge in [0.25, 0.3) is 5.91 Å². The van der Waals surface area contributed by atoms with Gasteiger partial charge in [0.1, 0.15) is 6.33 Å². The third-order valence-electron chi connectivity index (χ3n) is 5.21. The van der Waals surface area contributed by atoms with Gasteiger partial charge in [-0.1, -0.05) is 12.1 Å². The summed E-state index contributed by atoms with van der Waals surface area (Å²) >= 11 is 1.43. The van der Waals surface area contributed by atoms with E-state index in [0.29, 0.717) is 10.8 Å². The minimum absolute atomic E-state index is 0.128. The van der Waals surface area contributed by atoms with Gasteiger partial charge < -0.3 is 14.5 Å². The molecule has 3 heterocycles. The highest BCUT2D eigenvalue weighted by Gasteiger charge is 2.26. The molecule has 1 fully saturated rings. The first-order valence-corrected chi connectivity index (χ1v) is 10.9. The molecule has 0 bridgehead atoms. The minimum Gasteiger partial charge on any atom is -0.321 e. The standard InChI is InChI=1S/C22H22N6OS/c1-14(2)28-13-24-26-21(28)16-4-3-5-17(8-16)25-22(29)20-9-18(11-30-20)27-10-19(23-12-27)15-6-7-15/h3-5,8-15H,6-7H2,1-2H3,(H,25,29). The summed E-state index contributed by atoms with van der Waals surface area (Å²) in [7, 11) is 0. The van der Waals surface area contributed by atoms with Gasteiger partial charge >= 0.3 is 0 Å². The van der Waals surface area contributed by atoms with Gasteiger partial charge in [-0.15, -0.1) is 21.5 Å². The summed E-state index contributed by atoms with van der Waals surface area (Å²) < 4.78 is 3.99. The van der Waals surface area contributed by atoms with Gasteiger partial charge in [0.05, 0.1) is 22.6 Å². The van der Waals surface area contributed by atoms with Crippen molar-refractivity contribution in [3.8, 4) is 17.1 Å². The molecule has 1 amide bonds. The van der Waals surface area contributed by atoms with E-state index in [2.05, 4.69) is 40.5 Å². The number of imidazole rings is 1. The molecule has 0 radical (unpaired) electrons. The average molecular weight is 419 g/mol. The van der Waals surface area contributed by atoms with Crippen molar-refractivity contribution < 1.29 is 4.79 Å². The molecule has 8 heteroatoms. The number of nitrogens with zero attached hydrogens (tertiary/aromatic N) is 5. The van der Waals surface area contributed by atoms with E-state index in [1.807, 2.05) is 51.2 Å². The summed E-state index contributed by atoms with van der Waals surface area (Å²) in [6.07, 6.45) is 8.06. The number of amides is 1. The van der Waals surface area contributed by atoms with Gasteiger partial charge in [-0.25, -0.2) is 4.98 Å². The molecule has 1 saturated carbocycles. The van der Waals surface area contributed by atoms with Crippen LogP contribution in [0.15, 0.2) is 54.6 Å². The Morgan fingerprint density at radius 1 is 1.23 bits per heavy atom. The molecule has 152 valence electrons. The SMILES string of the molecule is CC(C)n1cnnc1-c1cccc(NC(=O)c2cc(-n3cnc(C4CC4)c3)cs2)c1. The number of thiophene rings is 1. The Hall–Kier alpha value is -3.26. The Balaban J connectivity index is 1.33. The highest BCUT2D eigenvalue weighted by Crippen LogP contribution is 2.39. The lowest BCUT2D eigenvalue weighted by molar-refractivity contribution is 0.103. The van der Waals surface area contributed by atoms with Crippen molar-refractivity contribution in [2.24, 2.45) is 0 Å².